The molecule has 0 bridgehead atoms. The molecule has 1 aromatic carbocycles. The Labute approximate surface area is 148 Å². The van der Waals surface area contributed by atoms with Crippen molar-refractivity contribution in [3.63, 3.8) is 0 Å². The van der Waals surface area contributed by atoms with Crippen LogP contribution in [0.15, 0.2) is 23.8 Å². The maximum atomic E-state index is 11.2. The minimum Gasteiger partial charge on any atom is -0.493 e. The highest BCUT2D eigenvalue weighted by molar-refractivity contribution is 7.86. The van der Waals surface area contributed by atoms with E-state index in [1.807, 2.05) is 0 Å². The summed E-state index contributed by atoms with van der Waals surface area (Å²) in [7, 11) is -4.20. The third-order valence-corrected chi connectivity index (χ3v) is 4.10. The first kappa shape index (κ1) is 21.4. The first-order valence-electron chi connectivity index (χ1n) is 7.14. The Bertz CT molecular complexity index is 810. The zero-order valence-electron chi connectivity index (χ0n) is 14.5. The van der Waals surface area contributed by atoms with E-state index in [1.54, 1.807) is 24.3 Å². The summed E-state index contributed by atoms with van der Waals surface area (Å²) in [4.78, 5) is 0. The smallest absolute Gasteiger partial charge is 0.264 e. The second-order valence-electron chi connectivity index (χ2n) is 5.16. The third kappa shape index (κ3) is 8.87. The summed E-state index contributed by atoms with van der Waals surface area (Å²) in [5, 5.41) is 0. The van der Waals surface area contributed by atoms with Crippen LogP contribution < -0.4 is 9.47 Å². The van der Waals surface area contributed by atoms with Crippen molar-refractivity contribution in [2.45, 2.75) is 6.42 Å². The Morgan fingerprint density at radius 1 is 0.960 bits per heavy atom. The maximum Gasteiger partial charge on any atom is 0.264 e. The Morgan fingerprint density at radius 2 is 1.56 bits per heavy atom. The number of hydrogen-bond donors (Lipinski definition) is 0. The van der Waals surface area contributed by atoms with Gasteiger partial charge in [-0.3, -0.25) is 8.37 Å². The van der Waals surface area contributed by atoms with E-state index in [9.17, 15) is 16.8 Å². The van der Waals surface area contributed by atoms with Crippen LogP contribution in [0.3, 0.4) is 0 Å². The molecule has 25 heavy (non-hydrogen) atoms. The van der Waals surface area contributed by atoms with Crippen LogP contribution in [0.25, 0.3) is 6.08 Å². The molecular formula is C15H22O8S2. The minimum absolute atomic E-state index is 0.120. The van der Waals surface area contributed by atoms with E-state index >= 15 is 0 Å². The number of benzene rings is 1. The molecule has 0 radical (unpaired) electrons. The van der Waals surface area contributed by atoms with Gasteiger partial charge in [-0.2, -0.15) is 16.8 Å². The third-order valence-electron chi connectivity index (χ3n) is 2.96. The van der Waals surface area contributed by atoms with Gasteiger partial charge in [0.25, 0.3) is 20.2 Å². The van der Waals surface area contributed by atoms with Crippen LogP contribution in [0.5, 0.6) is 11.5 Å². The van der Waals surface area contributed by atoms with Crippen molar-refractivity contribution in [1.82, 2.24) is 0 Å². The molecule has 8 nitrogen and oxygen atoms in total. The molecule has 0 aromatic heterocycles. The molecule has 0 amide bonds. The van der Waals surface area contributed by atoms with Crippen LogP contribution >= 0.6 is 0 Å². The van der Waals surface area contributed by atoms with Gasteiger partial charge in [0.05, 0.1) is 39.9 Å². The van der Waals surface area contributed by atoms with Crippen LogP contribution in [0, 0.1) is 0 Å². The predicted octanol–water partition coefficient (Wildman–Crippen LogP) is 1.43. The maximum absolute atomic E-state index is 11.2. The normalized spacial score (nSPS) is 12.9. The predicted molar refractivity (Wildman–Crippen MR) is 93.7 cm³/mol. The van der Waals surface area contributed by atoms with Gasteiger partial charge in [-0.25, -0.2) is 0 Å². The molecule has 0 saturated carbocycles. The van der Waals surface area contributed by atoms with Crippen LogP contribution in [0.2, 0.25) is 0 Å². The van der Waals surface area contributed by atoms with Crippen molar-refractivity contribution in [2.75, 3.05) is 39.9 Å². The van der Waals surface area contributed by atoms with Crippen LogP contribution in [-0.4, -0.2) is 56.8 Å². The SMILES string of the molecule is COc1ccc(/C=C(\CCOS(C)(=O)=O)COS(C)(=O)=O)cc1OC. The zero-order chi connectivity index (χ0) is 19.1. The highest BCUT2D eigenvalue weighted by Gasteiger charge is 2.09. The summed E-state index contributed by atoms with van der Waals surface area (Å²) in [6.07, 6.45) is 3.74. The molecule has 0 aliphatic carbocycles. The van der Waals surface area contributed by atoms with Gasteiger partial charge < -0.3 is 9.47 Å². The van der Waals surface area contributed by atoms with E-state index in [4.69, 9.17) is 17.8 Å². The zero-order valence-corrected chi connectivity index (χ0v) is 16.1. The topological polar surface area (TPSA) is 105 Å². The lowest BCUT2D eigenvalue weighted by Crippen LogP contribution is -2.10. The van der Waals surface area contributed by atoms with Crippen molar-refractivity contribution in [3.05, 3.63) is 29.3 Å². The molecule has 0 heterocycles. The summed E-state index contributed by atoms with van der Waals surface area (Å²) in [6.45, 7) is -0.328. The molecule has 0 atom stereocenters. The molecule has 0 aliphatic rings. The van der Waals surface area contributed by atoms with Gasteiger partial charge in [-0.05, 0) is 29.7 Å². The summed E-state index contributed by atoms with van der Waals surface area (Å²) in [6, 6.07) is 5.16. The number of ether oxygens (including phenoxy) is 2. The fourth-order valence-corrected chi connectivity index (χ4v) is 2.62. The highest BCUT2D eigenvalue weighted by Crippen LogP contribution is 2.28. The standard InChI is InChI=1S/C15H22O8S2/c1-20-14-6-5-12(10-15(14)21-2)9-13(11-23-25(4,18)19)7-8-22-24(3,16)17/h5-6,9-10H,7-8,11H2,1-4H3/b13-9+. The average Bonchev–Trinajstić information content (AvgIpc) is 2.50. The van der Waals surface area contributed by atoms with Gasteiger partial charge in [-0.15, -0.1) is 0 Å². The Balaban J connectivity index is 3.01. The molecule has 0 fully saturated rings. The summed E-state index contributed by atoms with van der Waals surface area (Å²) in [5.74, 6) is 1.06. The molecule has 0 unspecified atom stereocenters. The van der Waals surface area contributed by atoms with Crippen molar-refractivity contribution >= 4 is 26.3 Å². The molecule has 0 N–H and O–H groups in total. The second-order valence-corrected chi connectivity index (χ2v) is 8.45. The lowest BCUT2D eigenvalue weighted by atomic mass is 10.1. The van der Waals surface area contributed by atoms with E-state index in [0.29, 0.717) is 22.6 Å². The first-order chi connectivity index (χ1) is 11.5. The largest absolute Gasteiger partial charge is 0.493 e. The summed E-state index contributed by atoms with van der Waals surface area (Å²) < 4.78 is 64.3. The molecule has 0 spiro atoms. The molecule has 142 valence electrons. The summed E-state index contributed by atoms with van der Waals surface area (Å²) in [5.41, 5.74) is 1.26. The second kappa shape index (κ2) is 9.18. The van der Waals surface area contributed by atoms with Crippen LogP contribution in [0.4, 0.5) is 0 Å². The van der Waals surface area contributed by atoms with E-state index in [1.165, 1.54) is 14.2 Å². The Hall–Kier alpha value is -1.62. The van der Waals surface area contributed by atoms with Crippen molar-refractivity contribution in [2.24, 2.45) is 0 Å². The number of hydrogen-bond acceptors (Lipinski definition) is 8. The molecule has 1 rings (SSSR count). The fourth-order valence-electron chi connectivity index (χ4n) is 1.87. The van der Waals surface area contributed by atoms with Gasteiger partial charge in [0, 0.05) is 0 Å². The van der Waals surface area contributed by atoms with Gasteiger partial charge >= 0.3 is 0 Å². The molecule has 0 saturated heterocycles. The molecule has 0 aliphatic heterocycles. The van der Waals surface area contributed by atoms with Crippen molar-refractivity contribution in [1.29, 1.82) is 0 Å². The van der Waals surface area contributed by atoms with E-state index in [2.05, 4.69) is 0 Å². The lowest BCUT2D eigenvalue weighted by molar-refractivity contribution is 0.308. The lowest BCUT2D eigenvalue weighted by Gasteiger charge is -2.10. The Morgan fingerprint density at radius 3 is 2.08 bits per heavy atom. The molecule has 10 heteroatoms. The highest BCUT2D eigenvalue weighted by atomic mass is 32.2. The van der Waals surface area contributed by atoms with Crippen LogP contribution in [-0.2, 0) is 28.6 Å². The van der Waals surface area contributed by atoms with Gasteiger partial charge in [-0.1, -0.05) is 12.1 Å². The molecular weight excluding hydrogens is 372 g/mol. The van der Waals surface area contributed by atoms with Crippen molar-refractivity contribution < 1.29 is 34.7 Å². The summed E-state index contributed by atoms with van der Waals surface area (Å²) >= 11 is 0. The molecule has 1 aromatic rings. The fraction of sp³-hybridized carbons (Fsp3) is 0.467. The van der Waals surface area contributed by atoms with Gasteiger partial charge in [0.2, 0.25) is 0 Å². The number of rotatable bonds is 10. The van der Waals surface area contributed by atoms with Gasteiger partial charge in [0.15, 0.2) is 11.5 Å². The van der Waals surface area contributed by atoms with Crippen LogP contribution in [0.1, 0.15) is 12.0 Å². The van der Waals surface area contributed by atoms with E-state index in [0.717, 1.165) is 12.5 Å². The quantitative estimate of drug-likeness (QED) is 0.549. The minimum atomic E-state index is -3.63. The number of methoxy groups -OCH3 is 2. The average molecular weight is 394 g/mol. The first-order valence-corrected chi connectivity index (χ1v) is 10.8. The van der Waals surface area contributed by atoms with E-state index < -0.39 is 20.2 Å². The van der Waals surface area contributed by atoms with Gasteiger partial charge in [0.1, 0.15) is 0 Å². The van der Waals surface area contributed by atoms with Crippen molar-refractivity contribution in [3.8, 4) is 11.5 Å². The monoisotopic (exact) mass is 394 g/mol. The Kier molecular flexibility index (Phi) is 7.87. The van der Waals surface area contributed by atoms with E-state index in [-0.39, 0.29) is 19.6 Å².